The smallest absolute Gasteiger partial charge is 0.00530 e. The minimum Gasteiger partial charge on any atom is -0.0805 e. The van der Waals surface area contributed by atoms with Gasteiger partial charge in [0.1, 0.15) is 0 Å². The third kappa shape index (κ3) is 1.49. The van der Waals surface area contributed by atoms with Crippen molar-refractivity contribution in [2.24, 2.45) is 29.6 Å². The van der Waals surface area contributed by atoms with E-state index in [1.54, 1.807) is 0 Å². The summed E-state index contributed by atoms with van der Waals surface area (Å²) in [5.41, 5.74) is 0. The topological polar surface area (TPSA) is 0 Å². The predicted molar refractivity (Wildman–Crippen MR) is 63.1 cm³/mol. The highest BCUT2D eigenvalue weighted by Crippen LogP contribution is 2.53. The fraction of sp³-hybridized carbons (Fsp3) is 0.667. The van der Waals surface area contributed by atoms with Crippen molar-refractivity contribution in [2.75, 3.05) is 0 Å². The zero-order valence-corrected chi connectivity index (χ0v) is 9.52. The average molecular weight is 200 g/mol. The first-order valence-electron chi connectivity index (χ1n) is 6.51. The van der Waals surface area contributed by atoms with Crippen LogP contribution in [0.5, 0.6) is 0 Å². The van der Waals surface area contributed by atoms with E-state index in [-0.39, 0.29) is 0 Å². The molecule has 3 aliphatic rings. The molecule has 3 rings (SSSR count). The first-order chi connectivity index (χ1) is 7.40. The average Bonchev–Trinajstić information content (AvgIpc) is 2.67. The Kier molecular flexibility index (Phi) is 2.46. The molecule has 80 valence electrons. The molecule has 0 aromatic carbocycles. The highest BCUT2D eigenvalue weighted by Gasteiger charge is 2.45. The molecule has 3 aliphatic carbocycles. The number of hydrogen-bond acceptors (Lipinski definition) is 0. The van der Waals surface area contributed by atoms with Crippen molar-refractivity contribution < 1.29 is 0 Å². The Morgan fingerprint density at radius 2 is 2.07 bits per heavy atom. The van der Waals surface area contributed by atoms with E-state index in [1.165, 1.54) is 25.7 Å². The molecule has 0 amide bonds. The highest BCUT2D eigenvalue weighted by atomic mass is 14.5. The Labute approximate surface area is 93.5 Å². The fourth-order valence-corrected chi connectivity index (χ4v) is 3.90. The number of rotatable bonds is 1. The van der Waals surface area contributed by atoms with Gasteiger partial charge < -0.3 is 0 Å². The lowest BCUT2D eigenvalue weighted by Gasteiger charge is -2.35. The molecule has 0 heteroatoms. The van der Waals surface area contributed by atoms with Gasteiger partial charge in [-0.05, 0) is 42.4 Å². The van der Waals surface area contributed by atoms with E-state index in [0.717, 1.165) is 23.7 Å². The molecule has 0 heterocycles. The summed E-state index contributed by atoms with van der Waals surface area (Å²) in [5, 5.41) is 0. The lowest BCUT2D eigenvalue weighted by atomic mass is 9.70. The zero-order valence-electron chi connectivity index (χ0n) is 9.52. The summed E-state index contributed by atoms with van der Waals surface area (Å²) in [7, 11) is 0. The molecule has 2 fully saturated rings. The molecule has 2 radical (unpaired) electrons. The SMILES string of the molecule is CCC1CCCC2C1[C]C1C=CC=CC12. The van der Waals surface area contributed by atoms with E-state index in [1.807, 2.05) is 0 Å². The van der Waals surface area contributed by atoms with E-state index in [2.05, 4.69) is 37.6 Å². The summed E-state index contributed by atoms with van der Waals surface area (Å²) >= 11 is 0. The second kappa shape index (κ2) is 3.81. The number of fused-ring (bicyclic) bond motifs is 3. The molecule has 0 aromatic rings. The minimum absolute atomic E-state index is 0.636. The third-order valence-corrected chi connectivity index (χ3v) is 4.66. The second-order valence-electron chi connectivity index (χ2n) is 5.33. The molecule has 5 atom stereocenters. The van der Waals surface area contributed by atoms with Gasteiger partial charge in [0.05, 0.1) is 0 Å². The fourth-order valence-electron chi connectivity index (χ4n) is 3.90. The van der Waals surface area contributed by atoms with Crippen LogP contribution in [0.3, 0.4) is 0 Å². The minimum atomic E-state index is 0.636. The zero-order chi connectivity index (χ0) is 10.3. The maximum atomic E-state index is 3.86. The Bertz CT molecular complexity index is 286. The summed E-state index contributed by atoms with van der Waals surface area (Å²) in [6.45, 7) is 2.35. The van der Waals surface area contributed by atoms with Crippen molar-refractivity contribution in [1.82, 2.24) is 0 Å². The van der Waals surface area contributed by atoms with E-state index in [0.29, 0.717) is 5.92 Å². The van der Waals surface area contributed by atoms with Crippen LogP contribution < -0.4 is 0 Å². The van der Waals surface area contributed by atoms with Crippen molar-refractivity contribution in [3.63, 3.8) is 0 Å². The summed E-state index contributed by atoms with van der Waals surface area (Å²) in [6, 6.07) is 0. The van der Waals surface area contributed by atoms with Gasteiger partial charge in [-0.15, -0.1) is 0 Å². The molecule has 0 saturated heterocycles. The molecule has 5 unspecified atom stereocenters. The first kappa shape index (κ1) is 9.69. The second-order valence-corrected chi connectivity index (χ2v) is 5.33. The number of allylic oxidation sites excluding steroid dienone is 4. The van der Waals surface area contributed by atoms with Gasteiger partial charge in [-0.2, -0.15) is 0 Å². The maximum Gasteiger partial charge on any atom is -0.00530 e. The Balaban J connectivity index is 1.84. The first-order valence-corrected chi connectivity index (χ1v) is 6.51. The van der Waals surface area contributed by atoms with Crippen LogP contribution in [0.25, 0.3) is 0 Å². The third-order valence-electron chi connectivity index (χ3n) is 4.66. The lowest BCUT2D eigenvalue weighted by Crippen LogP contribution is -2.26. The van der Waals surface area contributed by atoms with Crippen LogP contribution >= 0.6 is 0 Å². The van der Waals surface area contributed by atoms with Gasteiger partial charge in [0.15, 0.2) is 0 Å². The normalized spacial score (nSPS) is 47.7. The Morgan fingerprint density at radius 3 is 2.93 bits per heavy atom. The van der Waals surface area contributed by atoms with E-state index in [4.69, 9.17) is 0 Å². The van der Waals surface area contributed by atoms with Crippen LogP contribution in [-0.4, -0.2) is 0 Å². The van der Waals surface area contributed by atoms with Crippen LogP contribution in [0.4, 0.5) is 0 Å². The standard InChI is InChI=1S/C15H20/c1-2-11-7-5-9-14-13-8-4-3-6-12(13)10-15(11)14/h3-4,6,8,11-15H,2,5,7,9H2,1H3. The molecule has 0 nitrogen and oxygen atoms in total. The van der Waals surface area contributed by atoms with Crippen molar-refractivity contribution >= 4 is 0 Å². The molecule has 0 aliphatic heterocycles. The van der Waals surface area contributed by atoms with Gasteiger partial charge in [0.2, 0.25) is 0 Å². The van der Waals surface area contributed by atoms with Crippen LogP contribution in [0.1, 0.15) is 32.6 Å². The monoisotopic (exact) mass is 200 g/mol. The Hall–Kier alpha value is -0.520. The molecule has 2 saturated carbocycles. The molecule has 0 N–H and O–H groups in total. The van der Waals surface area contributed by atoms with Gasteiger partial charge in [0, 0.05) is 0 Å². The largest absolute Gasteiger partial charge is 0.0805 e. The molecule has 15 heavy (non-hydrogen) atoms. The van der Waals surface area contributed by atoms with Gasteiger partial charge >= 0.3 is 0 Å². The van der Waals surface area contributed by atoms with E-state index in [9.17, 15) is 0 Å². The summed E-state index contributed by atoms with van der Waals surface area (Å²) in [6.07, 6.45) is 18.8. The van der Waals surface area contributed by atoms with Crippen molar-refractivity contribution in [1.29, 1.82) is 0 Å². The predicted octanol–water partition coefficient (Wildman–Crippen LogP) is 3.88. The molecule has 0 spiro atoms. The van der Waals surface area contributed by atoms with Crippen LogP contribution in [0.2, 0.25) is 0 Å². The quantitative estimate of drug-likeness (QED) is 0.602. The van der Waals surface area contributed by atoms with E-state index >= 15 is 0 Å². The molecule has 0 aromatic heterocycles. The maximum absolute atomic E-state index is 3.86. The Morgan fingerprint density at radius 1 is 1.20 bits per heavy atom. The van der Waals surface area contributed by atoms with Gasteiger partial charge in [-0.3, -0.25) is 0 Å². The van der Waals surface area contributed by atoms with Gasteiger partial charge in [-0.25, -0.2) is 0 Å². The lowest BCUT2D eigenvalue weighted by molar-refractivity contribution is 0.178. The molecular weight excluding hydrogens is 180 g/mol. The summed E-state index contributed by atoms with van der Waals surface area (Å²) < 4.78 is 0. The van der Waals surface area contributed by atoms with Gasteiger partial charge in [-0.1, -0.05) is 50.5 Å². The van der Waals surface area contributed by atoms with Crippen LogP contribution in [-0.2, 0) is 0 Å². The van der Waals surface area contributed by atoms with Gasteiger partial charge in [0.25, 0.3) is 0 Å². The van der Waals surface area contributed by atoms with Crippen molar-refractivity contribution in [3.05, 3.63) is 30.7 Å². The summed E-state index contributed by atoms with van der Waals surface area (Å²) in [4.78, 5) is 0. The van der Waals surface area contributed by atoms with Crippen LogP contribution in [0, 0.1) is 36.0 Å². The highest BCUT2D eigenvalue weighted by molar-refractivity contribution is 5.23. The van der Waals surface area contributed by atoms with Crippen LogP contribution in [0.15, 0.2) is 24.3 Å². The molecule has 0 bridgehead atoms. The summed E-state index contributed by atoms with van der Waals surface area (Å²) in [5.74, 6) is 4.06. The van der Waals surface area contributed by atoms with Crippen molar-refractivity contribution in [2.45, 2.75) is 32.6 Å². The number of hydrogen-bond donors (Lipinski definition) is 0. The van der Waals surface area contributed by atoms with Crippen molar-refractivity contribution in [3.8, 4) is 0 Å². The molecular formula is C15H20. The van der Waals surface area contributed by atoms with E-state index < -0.39 is 0 Å².